The van der Waals surface area contributed by atoms with E-state index in [1.54, 1.807) is 31.2 Å². The minimum atomic E-state index is -1.54. The van der Waals surface area contributed by atoms with Gasteiger partial charge in [0.05, 0.1) is 35.7 Å². The lowest BCUT2D eigenvalue weighted by atomic mass is 9.86. The summed E-state index contributed by atoms with van der Waals surface area (Å²) >= 11 is 6.74. The average molecular weight is 427 g/mol. The molecule has 1 N–H and O–H groups in total. The molecule has 0 aliphatic heterocycles. The van der Waals surface area contributed by atoms with Crippen molar-refractivity contribution in [2.45, 2.75) is 25.9 Å². The van der Waals surface area contributed by atoms with E-state index in [1.807, 2.05) is 43.7 Å². The van der Waals surface area contributed by atoms with Gasteiger partial charge in [0.15, 0.2) is 5.60 Å². The Hall–Kier alpha value is -2.97. The predicted molar refractivity (Wildman–Crippen MR) is 114 cm³/mol. The van der Waals surface area contributed by atoms with Crippen molar-refractivity contribution in [2.24, 2.45) is 14.1 Å². The molecule has 0 saturated carbocycles. The number of aliphatic hydroxyl groups is 1. The molecular weight excluding hydrogens is 404 g/mol. The Labute approximate surface area is 179 Å². The highest BCUT2D eigenvalue weighted by Gasteiger charge is 2.40. The number of rotatable bonds is 5. The maximum atomic E-state index is 12.1. The van der Waals surface area contributed by atoms with Gasteiger partial charge in [0, 0.05) is 25.0 Å². The van der Waals surface area contributed by atoms with Gasteiger partial charge in [0.25, 0.3) is 0 Å². The minimum Gasteiger partial charge on any atom is -0.481 e. The van der Waals surface area contributed by atoms with Crippen LogP contribution in [0.1, 0.15) is 35.3 Å². The van der Waals surface area contributed by atoms with Gasteiger partial charge in [-0.25, -0.2) is 14.6 Å². The number of benzene rings is 1. The van der Waals surface area contributed by atoms with Crippen molar-refractivity contribution in [1.82, 2.24) is 29.5 Å². The number of fused-ring (bicyclic) bond motifs is 1. The number of aromatic nitrogens is 6. The largest absolute Gasteiger partial charge is 0.481 e. The van der Waals surface area contributed by atoms with Crippen LogP contribution in [-0.4, -0.2) is 41.7 Å². The van der Waals surface area contributed by atoms with E-state index in [4.69, 9.17) is 16.3 Å². The molecule has 0 spiro atoms. The first-order valence-corrected chi connectivity index (χ1v) is 9.93. The number of methoxy groups -OCH3 is 1. The van der Waals surface area contributed by atoms with Crippen LogP contribution in [-0.2, 0) is 26.1 Å². The van der Waals surface area contributed by atoms with Crippen LogP contribution in [0.15, 0.2) is 30.6 Å². The van der Waals surface area contributed by atoms with E-state index in [2.05, 4.69) is 20.3 Å². The molecule has 4 rings (SSSR count). The maximum absolute atomic E-state index is 12.1. The molecular formula is C21H23ClN6O2. The second kappa shape index (κ2) is 7.37. The number of ether oxygens (including phenoxy) is 1. The van der Waals surface area contributed by atoms with Crippen LogP contribution in [0.25, 0.3) is 10.9 Å². The quantitative estimate of drug-likeness (QED) is 0.527. The molecule has 156 valence electrons. The van der Waals surface area contributed by atoms with Gasteiger partial charge in [-0.2, -0.15) is 0 Å². The molecule has 8 nitrogen and oxygen atoms in total. The fourth-order valence-electron chi connectivity index (χ4n) is 3.83. The normalized spacial score (nSPS) is 13.6. The summed E-state index contributed by atoms with van der Waals surface area (Å²) in [5.41, 5.74) is 1.68. The van der Waals surface area contributed by atoms with Gasteiger partial charge in [0.1, 0.15) is 11.5 Å². The third-order valence-corrected chi connectivity index (χ3v) is 6.05. The lowest BCUT2D eigenvalue weighted by Crippen LogP contribution is -2.33. The van der Waals surface area contributed by atoms with Gasteiger partial charge in [-0.1, -0.05) is 29.8 Å². The molecule has 0 aliphatic rings. The zero-order chi connectivity index (χ0) is 21.6. The van der Waals surface area contributed by atoms with E-state index in [1.165, 1.54) is 0 Å². The topological polar surface area (TPSA) is 90.9 Å². The molecule has 3 heterocycles. The van der Waals surface area contributed by atoms with Crippen molar-refractivity contribution in [2.75, 3.05) is 7.11 Å². The number of pyridine rings is 1. The van der Waals surface area contributed by atoms with Gasteiger partial charge in [-0.3, -0.25) is 0 Å². The van der Waals surface area contributed by atoms with Crippen molar-refractivity contribution in [3.8, 4) is 5.88 Å². The van der Waals surface area contributed by atoms with Crippen LogP contribution in [0.4, 0.5) is 0 Å². The molecule has 0 radical (unpaired) electrons. The summed E-state index contributed by atoms with van der Waals surface area (Å²) in [6, 6.07) is 5.52. The molecule has 3 aromatic heterocycles. The molecule has 1 unspecified atom stereocenters. The van der Waals surface area contributed by atoms with Crippen LogP contribution < -0.4 is 4.74 Å². The molecule has 1 atom stereocenters. The fourth-order valence-corrected chi connectivity index (χ4v) is 4.19. The third kappa shape index (κ3) is 2.86. The van der Waals surface area contributed by atoms with Gasteiger partial charge in [-0.05, 0) is 31.0 Å². The molecule has 4 aromatic rings. The Morgan fingerprint density at radius 2 is 1.97 bits per heavy atom. The molecule has 0 fully saturated rings. The van der Waals surface area contributed by atoms with E-state index >= 15 is 0 Å². The molecule has 0 bridgehead atoms. The Kier molecular flexibility index (Phi) is 4.99. The van der Waals surface area contributed by atoms with Gasteiger partial charge < -0.3 is 14.4 Å². The van der Waals surface area contributed by atoms with Crippen molar-refractivity contribution in [3.63, 3.8) is 0 Å². The number of halogens is 1. The van der Waals surface area contributed by atoms with Gasteiger partial charge >= 0.3 is 0 Å². The summed E-state index contributed by atoms with van der Waals surface area (Å²) in [5.74, 6) is 1.29. The second-order valence-electron chi connectivity index (χ2n) is 7.20. The minimum absolute atomic E-state index is 0.510. The van der Waals surface area contributed by atoms with Crippen molar-refractivity contribution in [1.29, 1.82) is 0 Å². The van der Waals surface area contributed by atoms with Crippen LogP contribution in [0.3, 0.4) is 0 Å². The molecule has 9 heteroatoms. The Bertz CT molecular complexity index is 1250. The Balaban J connectivity index is 2.04. The Morgan fingerprint density at radius 3 is 2.53 bits per heavy atom. The summed E-state index contributed by atoms with van der Waals surface area (Å²) in [7, 11) is 5.19. The number of nitrogens with zero attached hydrogens (tertiary/aromatic N) is 6. The van der Waals surface area contributed by atoms with E-state index in [-0.39, 0.29) is 0 Å². The van der Waals surface area contributed by atoms with Crippen molar-refractivity contribution in [3.05, 3.63) is 64.0 Å². The summed E-state index contributed by atoms with van der Waals surface area (Å²) < 4.78 is 8.81. The molecule has 0 aliphatic carbocycles. The summed E-state index contributed by atoms with van der Waals surface area (Å²) in [6.07, 6.45) is 3.89. The molecule has 30 heavy (non-hydrogen) atoms. The van der Waals surface area contributed by atoms with E-state index in [0.29, 0.717) is 39.8 Å². The first kappa shape index (κ1) is 20.3. The Morgan fingerprint density at radius 1 is 1.20 bits per heavy atom. The summed E-state index contributed by atoms with van der Waals surface area (Å²) in [5, 5.41) is 21.4. The highest BCUT2D eigenvalue weighted by Crippen LogP contribution is 2.40. The first-order valence-electron chi connectivity index (χ1n) is 9.55. The number of hydrogen-bond donors (Lipinski definition) is 1. The second-order valence-corrected chi connectivity index (χ2v) is 7.58. The van der Waals surface area contributed by atoms with Gasteiger partial charge in [0.2, 0.25) is 5.88 Å². The number of imidazole rings is 1. The van der Waals surface area contributed by atoms with E-state index < -0.39 is 5.60 Å². The third-order valence-electron chi connectivity index (χ3n) is 5.62. The number of aryl methyl sites for hydroxylation is 2. The summed E-state index contributed by atoms with van der Waals surface area (Å²) in [4.78, 5) is 8.96. The molecule has 0 amide bonds. The van der Waals surface area contributed by atoms with Crippen molar-refractivity contribution < 1.29 is 9.84 Å². The lowest BCUT2D eigenvalue weighted by molar-refractivity contribution is 0.108. The highest BCUT2D eigenvalue weighted by atomic mass is 35.5. The standard InChI is InChI=1S/C21H23ClN6O2/c1-6-14-19(22)15-9-13(7-8-16(15)25-20(14)30-5)21(29,18-11-24-26-28(18)4)17-10-23-12(2)27(17)3/h7-11,29H,6H2,1-5H3. The zero-order valence-electron chi connectivity index (χ0n) is 17.5. The van der Waals surface area contributed by atoms with Crippen LogP contribution >= 0.6 is 11.6 Å². The fraction of sp³-hybridized carbons (Fsp3) is 0.333. The monoisotopic (exact) mass is 426 g/mol. The molecule has 0 saturated heterocycles. The maximum Gasteiger partial charge on any atom is 0.218 e. The smallest absolute Gasteiger partial charge is 0.218 e. The van der Waals surface area contributed by atoms with Crippen LogP contribution in [0, 0.1) is 6.92 Å². The van der Waals surface area contributed by atoms with E-state index in [0.717, 1.165) is 16.8 Å². The van der Waals surface area contributed by atoms with E-state index in [9.17, 15) is 5.11 Å². The zero-order valence-corrected chi connectivity index (χ0v) is 18.3. The SMILES string of the molecule is CCc1c(OC)nc2ccc(C(O)(c3cnnn3C)c3cnc(C)n3C)cc2c1Cl. The number of hydrogen-bond acceptors (Lipinski definition) is 6. The first-order chi connectivity index (χ1) is 14.3. The average Bonchev–Trinajstić information content (AvgIpc) is 3.33. The summed E-state index contributed by atoms with van der Waals surface area (Å²) in [6.45, 7) is 3.88. The lowest BCUT2D eigenvalue weighted by Gasteiger charge is -2.29. The predicted octanol–water partition coefficient (Wildman–Crippen LogP) is 2.91. The van der Waals surface area contributed by atoms with Crippen molar-refractivity contribution >= 4 is 22.5 Å². The van der Waals surface area contributed by atoms with Crippen LogP contribution in [0.2, 0.25) is 5.02 Å². The van der Waals surface area contributed by atoms with Gasteiger partial charge in [-0.15, -0.1) is 5.10 Å². The van der Waals surface area contributed by atoms with Crippen LogP contribution in [0.5, 0.6) is 5.88 Å². The highest BCUT2D eigenvalue weighted by molar-refractivity contribution is 6.36. The molecule has 1 aromatic carbocycles.